The molecule has 1 fully saturated rings. The highest BCUT2D eigenvalue weighted by molar-refractivity contribution is 7.66. The summed E-state index contributed by atoms with van der Waals surface area (Å²) in [5.41, 5.74) is -0.113. The highest BCUT2D eigenvalue weighted by Gasteiger charge is 2.31. The highest BCUT2D eigenvalue weighted by Crippen LogP contribution is 2.46. The van der Waals surface area contributed by atoms with Gasteiger partial charge in [0.2, 0.25) is 0 Å². The predicted molar refractivity (Wildman–Crippen MR) is 81.3 cm³/mol. The zero-order valence-corrected chi connectivity index (χ0v) is 12.8. The lowest BCUT2D eigenvalue weighted by Gasteiger charge is -2.33. The average Bonchev–Trinajstić information content (AvgIpc) is 2.46. The number of amides is 1. The fraction of sp³-hybridized carbons (Fsp3) is 0.462. The van der Waals surface area contributed by atoms with E-state index >= 15 is 0 Å². The third kappa shape index (κ3) is 3.64. The molecule has 1 aliphatic heterocycles. The van der Waals surface area contributed by atoms with Crippen LogP contribution in [0.3, 0.4) is 0 Å². The van der Waals surface area contributed by atoms with Crippen molar-refractivity contribution in [3.05, 3.63) is 28.3 Å². The summed E-state index contributed by atoms with van der Waals surface area (Å²) in [6, 6.07) is 4.36. The van der Waals surface area contributed by atoms with Gasteiger partial charge >= 0.3 is 11.8 Å². The Kier molecular flexibility index (Phi) is 5.15. The van der Waals surface area contributed by atoms with E-state index in [1.165, 1.54) is 13.2 Å². The lowest BCUT2D eigenvalue weighted by molar-refractivity contribution is -0.385. The molecule has 3 unspecified atom stereocenters. The summed E-state index contributed by atoms with van der Waals surface area (Å²) in [5, 5.41) is 33.1. The van der Waals surface area contributed by atoms with Crippen LogP contribution in [0.25, 0.3) is 0 Å². The lowest BCUT2D eigenvalue weighted by Crippen LogP contribution is -2.40. The number of methoxy groups -OCH3 is 1. The van der Waals surface area contributed by atoms with Crippen molar-refractivity contribution in [1.82, 2.24) is 5.32 Å². The zero-order valence-electron chi connectivity index (χ0n) is 11.9. The van der Waals surface area contributed by atoms with Gasteiger partial charge in [0.25, 0.3) is 0 Å². The molecule has 1 saturated heterocycles. The molecule has 1 aromatic rings. The van der Waals surface area contributed by atoms with Gasteiger partial charge in [-0.3, -0.25) is 10.1 Å². The van der Waals surface area contributed by atoms with Crippen LogP contribution in [-0.2, 0) is 0 Å². The van der Waals surface area contributed by atoms with Gasteiger partial charge in [0.1, 0.15) is 0 Å². The molecule has 0 aliphatic carbocycles. The molecule has 3 atom stereocenters. The number of nitrogens with one attached hydrogen (secondary N) is 1. The Morgan fingerprint density at radius 2 is 2.27 bits per heavy atom. The van der Waals surface area contributed by atoms with Crippen molar-refractivity contribution in [3.8, 4) is 5.75 Å². The van der Waals surface area contributed by atoms with Gasteiger partial charge < -0.3 is 20.3 Å². The van der Waals surface area contributed by atoms with Crippen LogP contribution in [-0.4, -0.2) is 46.4 Å². The van der Waals surface area contributed by atoms with Crippen molar-refractivity contribution in [3.63, 3.8) is 0 Å². The maximum Gasteiger partial charge on any atom is 0.404 e. The van der Waals surface area contributed by atoms with Crippen LogP contribution in [0.5, 0.6) is 5.75 Å². The molecule has 8 nitrogen and oxygen atoms in total. The molecule has 0 radical (unpaired) electrons. The minimum absolute atomic E-state index is 0.113. The van der Waals surface area contributed by atoms with E-state index in [2.05, 4.69) is 5.32 Å². The normalized spacial score (nSPS) is 24.5. The number of ether oxygens (including phenoxy) is 1. The number of nitrogens with zero attached hydrogens (tertiary/aromatic N) is 1. The summed E-state index contributed by atoms with van der Waals surface area (Å²) in [7, 11) is 0.451. The Labute approximate surface area is 128 Å². The summed E-state index contributed by atoms with van der Waals surface area (Å²) >= 11 is 0. The third-order valence-corrected chi connectivity index (χ3v) is 6.20. The monoisotopic (exact) mass is 328 g/mol. The molecule has 9 heteroatoms. The van der Waals surface area contributed by atoms with Gasteiger partial charge in [0.15, 0.2) is 5.75 Å². The number of hydrogen-bond acceptors (Lipinski definition) is 5. The molecule has 0 aromatic heterocycles. The highest BCUT2D eigenvalue weighted by atomic mass is 31.1. The molecule has 120 valence electrons. The van der Waals surface area contributed by atoms with E-state index in [4.69, 9.17) is 9.84 Å². The molecule has 2 rings (SSSR count). The smallest absolute Gasteiger partial charge is 0.404 e. The molecule has 22 heavy (non-hydrogen) atoms. The quantitative estimate of drug-likeness (QED) is 0.437. The van der Waals surface area contributed by atoms with Crippen LogP contribution in [0.1, 0.15) is 12.8 Å². The Morgan fingerprint density at radius 3 is 2.82 bits per heavy atom. The van der Waals surface area contributed by atoms with Crippen molar-refractivity contribution < 1.29 is 24.7 Å². The predicted octanol–water partition coefficient (Wildman–Crippen LogP) is 1.46. The Balaban J connectivity index is 2.15. The maximum atomic E-state index is 10.9. The second-order valence-corrected chi connectivity index (χ2v) is 7.46. The van der Waals surface area contributed by atoms with Crippen LogP contribution in [0.4, 0.5) is 10.5 Å². The van der Waals surface area contributed by atoms with Gasteiger partial charge in [-0.25, -0.2) is 4.79 Å². The minimum Gasteiger partial charge on any atom is -0.490 e. The molecule has 1 aromatic carbocycles. The van der Waals surface area contributed by atoms with Crippen molar-refractivity contribution in [2.24, 2.45) is 0 Å². The first-order valence-electron chi connectivity index (χ1n) is 6.69. The Bertz CT molecular complexity index is 582. The van der Waals surface area contributed by atoms with Gasteiger partial charge in [0.05, 0.1) is 17.9 Å². The van der Waals surface area contributed by atoms with Crippen molar-refractivity contribution in [2.45, 2.75) is 24.7 Å². The van der Waals surface area contributed by atoms with E-state index in [9.17, 15) is 20.0 Å². The van der Waals surface area contributed by atoms with Gasteiger partial charge in [0, 0.05) is 12.1 Å². The summed E-state index contributed by atoms with van der Waals surface area (Å²) in [4.78, 5) is 21.0. The number of hydrogen-bond donors (Lipinski definition) is 3. The van der Waals surface area contributed by atoms with Gasteiger partial charge in [-0.05, 0) is 44.4 Å². The SMILES string of the molecule is COc1cc(P2CCC(NC(=O)O)CC2O)ccc1[N+](=O)[O-]. The van der Waals surface area contributed by atoms with E-state index in [-0.39, 0.29) is 17.5 Å². The number of nitro groups is 1. The molecule has 0 bridgehead atoms. The number of aliphatic hydroxyl groups excluding tert-OH is 1. The lowest BCUT2D eigenvalue weighted by atomic mass is 10.1. The first kappa shape index (κ1) is 16.5. The molecule has 0 saturated carbocycles. The Morgan fingerprint density at radius 1 is 1.55 bits per heavy atom. The summed E-state index contributed by atoms with van der Waals surface area (Å²) < 4.78 is 5.04. The first-order chi connectivity index (χ1) is 10.4. The summed E-state index contributed by atoms with van der Waals surface area (Å²) in [5.74, 6) is -0.477. The maximum absolute atomic E-state index is 10.9. The van der Waals surface area contributed by atoms with E-state index in [1.807, 2.05) is 0 Å². The second kappa shape index (κ2) is 6.89. The van der Waals surface area contributed by atoms with E-state index in [1.54, 1.807) is 12.1 Å². The first-order valence-corrected chi connectivity index (χ1v) is 8.28. The Hall–Kier alpha value is -1.92. The number of nitro benzene ring substituents is 1. The standard InChI is InChI=1S/C13H17N2O6P/c1-21-11-7-9(2-3-10(11)15(19)20)22-5-4-8(6-12(22)16)14-13(17)18/h2-3,7-8,12,14,16H,4-6H2,1H3,(H,17,18). The number of carboxylic acid groups (broad SMARTS) is 1. The topological polar surface area (TPSA) is 122 Å². The van der Waals surface area contributed by atoms with E-state index in [0.29, 0.717) is 19.0 Å². The van der Waals surface area contributed by atoms with Gasteiger partial charge in [-0.2, -0.15) is 0 Å². The fourth-order valence-electron chi connectivity index (χ4n) is 2.55. The molecule has 3 N–H and O–H groups in total. The summed E-state index contributed by atoms with van der Waals surface area (Å²) in [6.07, 6.45) is 0.536. The fourth-order valence-corrected chi connectivity index (χ4v) is 5.09. The van der Waals surface area contributed by atoms with Crippen molar-refractivity contribution in [1.29, 1.82) is 0 Å². The van der Waals surface area contributed by atoms with Crippen LogP contribution < -0.4 is 15.4 Å². The summed E-state index contributed by atoms with van der Waals surface area (Å²) in [6.45, 7) is 0. The number of aliphatic hydroxyl groups is 1. The number of rotatable bonds is 4. The van der Waals surface area contributed by atoms with Crippen LogP contribution in [0.2, 0.25) is 0 Å². The van der Waals surface area contributed by atoms with Crippen molar-refractivity contribution >= 4 is 25.0 Å². The number of carbonyl (C=O) groups is 1. The van der Waals surface area contributed by atoms with Crippen LogP contribution in [0.15, 0.2) is 18.2 Å². The average molecular weight is 328 g/mol. The molecule has 1 aliphatic rings. The molecular formula is C13H17N2O6P. The molecule has 0 spiro atoms. The van der Waals surface area contributed by atoms with E-state index < -0.39 is 24.8 Å². The number of benzene rings is 1. The van der Waals surface area contributed by atoms with Gasteiger partial charge in [-0.15, -0.1) is 0 Å². The minimum atomic E-state index is -1.10. The molecule has 1 heterocycles. The zero-order chi connectivity index (χ0) is 16.3. The van der Waals surface area contributed by atoms with Crippen molar-refractivity contribution in [2.75, 3.05) is 13.3 Å². The molecular weight excluding hydrogens is 311 g/mol. The second-order valence-electron chi connectivity index (χ2n) is 4.96. The largest absolute Gasteiger partial charge is 0.490 e. The third-order valence-electron chi connectivity index (χ3n) is 3.59. The van der Waals surface area contributed by atoms with Crippen LogP contribution in [0, 0.1) is 10.1 Å². The van der Waals surface area contributed by atoms with E-state index in [0.717, 1.165) is 5.30 Å². The van der Waals surface area contributed by atoms with Crippen LogP contribution >= 0.6 is 7.92 Å². The van der Waals surface area contributed by atoms with Gasteiger partial charge in [-0.1, -0.05) is 0 Å². The molecule has 1 amide bonds.